The molecule has 0 aliphatic carbocycles. The molecule has 1 aromatic heterocycles. The minimum absolute atomic E-state index is 0.0347. The van der Waals surface area contributed by atoms with Crippen molar-refractivity contribution in [3.05, 3.63) is 54.0 Å². The van der Waals surface area contributed by atoms with Crippen LogP contribution in [0.1, 0.15) is 30.7 Å². The van der Waals surface area contributed by atoms with Gasteiger partial charge >= 0.3 is 0 Å². The number of benzene rings is 1. The molecule has 102 valence electrons. The molecule has 20 heavy (non-hydrogen) atoms. The summed E-state index contributed by atoms with van der Waals surface area (Å²) in [5.74, 6) is 0.594. The van der Waals surface area contributed by atoms with Gasteiger partial charge in [-0.15, -0.1) is 0 Å². The standard InChI is InChI=1S/C15H16N4O/c1-11(7-14(20)12-5-3-2-4-6-12)19-15-10-17-13(8-16)9-18-15/h2-6,9-11,14,20H,7H2,1H3,(H,18,19). The van der Waals surface area contributed by atoms with Crippen molar-refractivity contribution in [1.82, 2.24) is 9.97 Å². The Balaban J connectivity index is 1.92. The number of nitrogens with zero attached hydrogens (tertiary/aromatic N) is 3. The number of nitrogens with one attached hydrogen (secondary N) is 1. The van der Waals surface area contributed by atoms with Crippen LogP contribution in [-0.4, -0.2) is 21.1 Å². The van der Waals surface area contributed by atoms with E-state index in [1.807, 2.05) is 43.3 Å². The van der Waals surface area contributed by atoms with Crippen molar-refractivity contribution >= 4 is 5.82 Å². The normalized spacial score (nSPS) is 13.2. The molecule has 0 radical (unpaired) electrons. The number of rotatable bonds is 5. The van der Waals surface area contributed by atoms with Crippen LogP contribution in [0.2, 0.25) is 0 Å². The van der Waals surface area contributed by atoms with Gasteiger partial charge in [-0.25, -0.2) is 9.97 Å². The molecule has 2 atom stereocenters. The van der Waals surface area contributed by atoms with Gasteiger partial charge in [0.25, 0.3) is 0 Å². The Kier molecular flexibility index (Phi) is 4.64. The summed E-state index contributed by atoms with van der Waals surface area (Å²) in [5, 5.41) is 21.9. The quantitative estimate of drug-likeness (QED) is 0.869. The van der Waals surface area contributed by atoms with Crippen LogP contribution >= 0.6 is 0 Å². The van der Waals surface area contributed by atoms with Crippen molar-refractivity contribution in [2.24, 2.45) is 0 Å². The second kappa shape index (κ2) is 6.64. The fourth-order valence-corrected chi connectivity index (χ4v) is 1.92. The zero-order valence-corrected chi connectivity index (χ0v) is 11.2. The lowest BCUT2D eigenvalue weighted by Gasteiger charge is -2.18. The molecule has 5 heteroatoms. The molecule has 0 bridgehead atoms. The predicted molar refractivity (Wildman–Crippen MR) is 75.9 cm³/mol. The van der Waals surface area contributed by atoms with E-state index in [0.29, 0.717) is 12.2 Å². The molecule has 0 saturated carbocycles. The number of anilines is 1. The van der Waals surface area contributed by atoms with E-state index in [4.69, 9.17) is 5.26 Å². The van der Waals surface area contributed by atoms with Crippen molar-refractivity contribution in [2.45, 2.75) is 25.5 Å². The Morgan fingerprint density at radius 1 is 1.25 bits per heavy atom. The van der Waals surface area contributed by atoms with Gasteiger partial charge in [0.15, 0.2) is 5.69 Å². The smallest absolute Gasteiger partial charge is 0.158 e. The van der Waals surface area contributed by atoms with Gasteiger partial charge < -0.3 is 10.4 Å². The number of aromatic nitrogens is 2. The third-order valence-corrected chi connectivity index (χ3v) is 2.92. The topological polar surface area (TPSA) is 81.8 Å². The third kappa shape index (κ3) is 3.77. The van der Waals surface area contributed by atoms with Crippen LogP contribution < -0.4 is 5.32 Å². The van der Waals surface area contributed by atoms with Gasteiger partial charge in [-0.1, -0.05) is 30.3 Å². The maximum Gasteiger partial charge on any atom is 0.158 e. The molecule has 0 aliphatic rings. The molecule has 1 aromatic carbocycles. The second-order valence-electron chi connectivity index (χ2n) is 4.61. The molecule has 0 aliphatic heterocycles. The molecule has 0 amide bonds. The molecule has 0 spiro atoms. The Bertz CT molecular complexity index is 577. The molecule has 2 aromatic rings. The van der Waals surface area contributed by atoms with Crippen molar-refractivity contribution < 1.29 is 5.11 Å². The zero-order valence-electron chi connectivity index (χ0n) is 11.2. The summed E-state index contributed by atoms with van der Waals surface area (Å²) < 4.78 is 0. The highest BCUT2D eigenvalue weighted by Crippen LogP contribution is 2.19. The van der Waals surface area contributed by atoms with Crippen LogP contribution in [0, 0.1) is 11.3 Å². The van der Waals surface area contributed by atoms with Crippen LogP contribution in [0.4, 0.5) is 5.82 Å². The lowest BCUT2D eigenvalue weighted by molar-refractivity contribution is 0.162. The first-order chi connectivity index (χ1) is 9.69. The van der Waals surface area contributed by atoms with Gasteiger partial charge in [-0.3, -0.25) is 0 Å². The Morgan fingerprint density at radius 3 is 2.60 bits per heavy atom. The number of nitriles is 1. The first-order valence-corrected chi connectivity index (χ1v) is 6.40. The summed E-state index contributed by atoms with van der Waals surface area (Å²) in [6, 6.07) is 11.5. The number of hydrogen-bond acceptors (Lipinski definition) is 5. The second-order valence-corrected chi connectivity index (χ2v) is 4.61. The van der Waals surface area contributed by atoms with E-state index in [2.05, 4.69) is 15.3 Å². The third-order valence-electron chi connectivity index (χ3n) is 2.92. The Hall–Kier alpha value is -2.45. The van der Waals surface area contributed by atoms with Crippen molar-refractivity contribution in [3.63, 3.8) is 0 Å². The zero-order chi connectivity index (χ0) is 14.4. The molecule has 2 N–H and O–H groups in total. The van der Waals surface area contributed by atoms with Gasteiger partial charge in [0.2, 0.25) is 0 Å². The van der Waals surface area contributed by atoms with Crippen molar-refractivity contribution in [3.8, 4) is 6.07 Å². The maximum absolute atomic E-state index is 10.1. The SMILES string of the molecule is CC(CC(O)c1ccccc1)Nc1cnc(C#N)cn1. The van der Waals surface area contributed by atoms with E-state index in [9.17, 15) is 5.11 Å². The van der Waals surface area contributed by atoms with E-state index in [1.165, 1.54) is 12.4 Å². The lowest BCUT2D eigenvalue weighted by Crippen LogP contribution is -2.19. The maximum atomic E-state index is 10.1. The average Bonchev–Trinajstić information content (AvgIpc) is 2.49. The fourth-order valence-electron chi connectivity index (χ4n) is 1.92. The van der Waals surface area contributed by atoms with Gasteiger partial charge in [0, 0.05) is 6.04 Å². The van der Waals surface area contributed by atoms with Crippen molar-refractivity contribution in [1.29, 1.82) is 5.26 Å². The largest absolute Gasteiger partial charge is 0.388 e. The van der Waals surface area contributed by atoms with Crippen molar-refractivity contribution in [2.75, 3.05) is 5.32 Å². The average molecular weight is 268 g/mol. The summed E-state index contributed by atoms with van der Waals surface area (Å²) in [6.45, 7) is 1.96. The molecular weight excluding hydrogens is 252 g/mol. The summed E-state index contributed by atoms with van der Waals surface area (Å²) in [6.07, 6.45) is 2.98. The van der Waals surface area contributed by atoms with Gasteiger partial charge in [-0.2, -0.15) is 5.26 Å². The van der Waals surface area contributed by atoms with Crippen LogP contribution in [-0.2, 0) is 0 Å². The minimum atomic E-state index is -0.523. The molecule has 0 fully saturated rings. The number of hydrogen-bond donors (Lipinski definition) is 2. The summed E-state index contributed by atoms with van der Waals surface area (Å²) in [4.78, 5) is 8.03. The first-order valence-electron chi connectivity index (χ1n) is 6.40. The van der Waals surface area contributed by atoms with E-state index in [1.54, 1.807) is 0 Å². The van der Waals surface area contributed by atoms with Crippen LogP contribution in [0.15, 0.2) is 42.7 Å². The molecule has 2 rings (SSSR count). The highest BCUT2D eigenvalue weighted by molar-refractivity contribution is 5.34. The highest BCUT2D eigenvalue weighted by Gasteiger charge is 2.12. The molecule has 5 nitrogen and oxygen atoms in total. The van der Waals surface area contributed by atoms with E-state index in [-0.39, 0.29) is 11.7 Å². The summed E-state index contributed by atoms with van der Waals surface area (Å²) >= 11 is 0. The minimum Gasteiger partial charge on any atom is -0.388 e. The van der Waals surface area contributed by atoms with E-state index in [0.717, 1.165) is 5.56 Å². The van der Waals surface area contributed by atoms with Crippen LogP contribution in [0.5, 0.6) is 0 Å². The van der Waals surface area contributed by atoms with Crippen LogP contribution in [0.25, 0.3) is 0 Å². The number of aliphatic hydroxyl groups excluding tert-OH is 1. The van der Waals surface area contributed by atoms with Gasteiger partial charge in [-0.05, 0) is 18.9 Å². The monoisotopic (exact) mass is 268 g/mol. The predicted octanol–water partition coefficient (Wildman–Crippen LogP) is 2.27. The lowest BCUT2D eigenvalue weighted by atomic mass is 10.0. The summed E-state index contributed by atoms with van der Waals surface area (Å²) in [7, 11) is 0. The molecular formula is C15H16N4O. The van der Waals surface area contributed by atoms with E-state index < -0.39 is 6.10 Å². The molecule has 1 heterocycles. The first kappa shape index (κ1) is 14.0. The fraction of sp³-hybridized carbons (Fsp3) is 0.267. The van der Waals surface area contributed by atoms with Crippen LogP contribution in [0.3, 0.4) is 0 Å². The molecule has 0 saturated heterocycles. The number of aliphatic hydroxyl groups is 1. The van der Waals surface area contributed by atoms with Gasteiger partial charge in [0.1, 0.15) is 11.9 Å². The van der Waals surface area contributed by atoms with Gasteiger partial charge in [0.05, 0.1) is 18.5 Å². The highest BCUT2D eigenvalue weighted by atomic mass is 16.3. The van der Waals surface area contributed by atoms with E-state index >= 15 is 0 Å². The molecule has 2 unspecified atom stereocenters. The Morgan fingerprint density at radius 2 is 2.00 bits per heavy atom. The summed E-state index contributed by atoms with van der Waals surface area (Å²) in [5.41, 5.74) is 1.18. The Labute approximate surface area is 117 Å².